The number of amides is 2. The molecule has 2 amide bonds. The molecule has 6 nitrogen and oxygen atoms in total. The van der Waals surface area contributed by atoms with E-state index in [1.807, 2.05) is 85.8 Å². The molecule has 0 aromatic heterocycles. The minimum atomic E-state index is -0.729. The molecule has 6 heteroatoms. The molecule has 3 aromatic carbocycles. The largest absolute Gasteiger partial charge is 0.497 e. The summed E-state index contributed by atoms with van der Waals surface area (Å²) in [5.74, 6) is 1.30. The van der Waals surface area contributed by atoms with Crippen LogP contribution in [0.3, 0.4) is 0 Å². The van der Waals surface area contributed by atoms with Gasteiger partial charge in [0.15, 0.2) is 0 Å². The number of benzene rings is 3. The van der Waals surface area contributed by atoms with Crippen LogP contribution in [0.2, 0.25) is 0 Å². The highest BCUT2D eigenvalue weighted by molar-refractivity contribution is 5.88. The van der Waals surface area contributed by atoms with E-state index in [1.54, 1.807) is 19.1 Å². The predicted octanol–water partition coefficient (Wildman–Crippen LogP) is 4.93. The fourth-order valence-electron chi connectivity index (χ4n) is 3.94. The molecule has 0 saturated carbocycles. The molecule has 35 heavy (non-hydrogen) atoms. The van der Waals surface area contributed by atoms with Crippen molar-refractivity contribution >= 4 is 11.8 Å². The van der Waals surface area contributed by atoms with Crippen LogP contribution in [-0.4, -0.2) is 37.5 Å². The van der Waals surface area contributed by atoms with Crippen LogP contribution >= 0.6 is 0 Å². The molecule has 3 aromatic rings. The van der Waals surface area contributed by atoms with Crippen molar-refractivity contribution < 1.29 is 19.1 Å². The monoisotopic (exact) mass is 474 g/mol. The number of nitrogens with one attached hydrogen (secondary N) is 1. The summed E-state index contributed by atoms with van der Waals surface area (Å²) in [4.78, 5) is 28.5. The third-order valence-corrected chi connectivity index (χ3v) is 5.84. The van der Waals surface area contributed by atoms with Gasteiger partial charge in [0.25, 0.3) is 0 Å². The van der Waals surface area contributed by atoms with Gasteiger partial charge in [-0.3, -0.25) is 9.59 Å². The summed E-state index contributed by atoms with van der Waals surface area (Å²) in [6, 6.07) is 24.1. The quantitative estimate of drug-likeness (QED) is 0.404. The number of carbonyl (C=O) groups is 2. The zero-order valence-corrected chi connectivity index (χ0v) is 20.7. The molecule has 0 fully saturated rings. The van der Waals surface area contributed by atoms with Crippen molar-refractivity contribution in [2.24, 2.45) is 0 Å². The smallest absolute Gasteiger partial charge is 0.247 e. The van der Waals surface area contributed by atoms with E-state index in [0.29, 0.717) is 32.4 Å². The van der Waals surface area contributed by atoms with Crippen LogP contribution in [0, 0.1) is 0 Å². The number of carbonyl (C=O) groups excluding carboxylic acids is 2. The van der Waals surface area contributed by atoms with Crippen LogP contribution in [0.15, 0.2) is 78.9 Å². The van der Waals surface area contributed by atoms with Gasteiger partial charge in [-0.15, -0.1) is 0 Å². The van der Waals surface area contributed by atoms with Crippen molar-refractivity contribution in [3.05, 3.63) is 95.6 Å². The second-order valence-corrected chi connectivity index (χ2v) is 8.32. The maximum atomic E-state index is 13.5. The van der Waals surface area contributed by atoms with Gasteiger partial charge < -0.3 is 19.7 Å². The third-order valence-electron chi connectivity index (χ3n) is 5.84. The first-order chi connectivity index (χ1) is 17.0. The molecule has 0 saturated heterocycles. The van der Waals surface area contributed by atoms with Crippen LogP contribution < -0.4 is 14.8 Å². The Morgan fingerprint density at radius 3 is 1.94 bits per heavy atom. The normalized spacial score (nSPS) is 11.4. The van der Waals surface area contributed by atoms with Crippen molar-refractivity contribution in [3.8, 4) is 11.5 Å². The molecule has 0 aliphatic carbocycles. The van der Waals surface area contributed by atoms with Gasteiger partial charge in [0.1, 0.15) is 17.5 Å². The number of rotatable bonds is 12. The van der Waals surface area contributed by atoms with Crippen LogP contribution in [0.4, 0.5) is 0 Å². The molecule has 0 aliphatic heterocycles. The van der Waals surface area contributed by atoms with E-state index in [2.05, 4.69) is 5.32 Å². The summed E-state index contributed by atoms with van der Waals surface area (Å²) in [6.45, 7) is 2.76. The van der Waals surface area contributed by atoms with Gasteiger partial charge >= 0.3 is 0 Å². The lowest BCUT2D eigenvalue weighted by Gasteiger charge is -2.31. The summed E-state index contributed by atoms with van der Waals surface area (Å²) in [5, 5.41) is 3.06. The highest BCUT2D eigenvalue weighted by atomic mass is 16.5. The topological polar surface area (TPSA) is 67.9 Å². The molecule has 0 unspecified atom stereocenters. The van der Waals surface area contributed by atoms with Gasteiger partial charge in [-0.25, -0.2) is 0 Å². The Morgan fingerprint density at radius 2 is 1.40 bits per heavy atom. The van der Waals surface area contributed by atoms with Gasteiger partial charge in [0.05, 0.1) is 14.2 Å². The van der Waals surface area contributed by atoms with Gasteiger partial charge in [-0.05, 0) is 53.8 Å². The molecule has 1 N–H and O–H groups in total. The second kappa shape index (κ2) is 13.2. The first-order valence-electron chi connectivity index (χ1n) is 11.9. The Hall–Kier alpha value is -3.80. The first-order valence-corrected chi connectivity index (χ1v) is 11.9. The van der Waals surface area contributed by atoms with Crippen molar-refractivity contribution in [1.29, 1.82) is 0 Å². The predicted molar refractivity (Wildman–Crippen MR) is 137 cm³/mol. The van der Waals surface area contributed by atoms with E-state index in [4.69, 9.17) is 9.47 Å². The van der Waals surface area contributed by atoms with Crippen molar-refractivity contribution in [3.63, 3.8) is 0 Å². The minimum Gasteiger partial charge on any atom is -0.497 e. The van der Waals surface area contributed by atoms with Crippen molar-refractivity contribution in [2.45, 2.75) is 38.8 Å². The SMILES string of the molecule is CCCC(=O)N(Cc1ccc(OC)cc1)[C@@H](C(=O)NCCc1ccc(OC)cc1)c1ccccc1. The molecule has 0 aliphatic rings. The first kappa shape index (κ1) is 25.8. The summed E-state index contributed by atoms with van der Waals surface area (Å²) < 4.78 is 10.5. The van der Waals surface area contributed by atoms with Gasteiger partial charge in [0.2, 0.25) is 11.8 Å². The Balaban J connectivity index is 1.81. The molecule has 184 valence electrons. The summed E-state index contributed by atoms with van der Waals surface area (Å²) in [6.07, 6.45) is 1.76. The minimum absolute atomic E-state index is 0.0533. The van der Waals surface area contributed by atoms with Crippen LogP contribution in [-0.2, 0) is 22.6 Å². The third kappa shape index (κ3) is 7.34. The second-order valence-electron chi connectivity index (χ2n) is 8.32. The zero-order valence-electron chi connectivity index (χ0n) is 20.7. The Bertz CT molecular complexity index is 1070. The van der Waals surface area contributed by atoms with E-state index in [0.717, 1.165) is 28.2 Å². The lowest BCUT2D eigenvalue weighted by Crippen LogP contribution is -2.43. The average Bonchev–Trinajstić information content (AvgIpc) is 2.90. The Labute approximate surface area is 207 Å². The summed E-state index contributed by atoms with van der Waals surface area (Å²) in [7, 11) is 3.25. The fraction of sp³-hybridized carbons (Fsp3) is 0.310. The van der Waals surface area contributed by atoms with Crippen LogP contribution in [0.5, 0.6) is 11.5 Å². The number of methoxy groups -OCH3 is 2. The molecule has 0 radical (unpaired) electrons. The maximum absolute atomic E-state index is 13.5. The van der Waals surface area contributed by atoms with E-state index >= 15 is 0 Å². The number of hydrogen-bond acceptors (Lipinski definition) is 4. The standard InChI is InChI=1S/C29H34N2O4/c1-4-8-27(32)31(21-23-13-17-26(35-3)18-14-23)28(24-9-6-5-7-10-24)29(33)30-20-19-22-11-15-25(34-2)16-12-22/h5-7,9-18,28H,4,8,19-21H2,1-3H3,(H,30,33)/t28-/m1/s1. The Kier molecular flexibility index (Phi) is 9.72. The summed E-state index contributed by atoms with van der Waals surface area (Å²) >= 11 is 0. The zero-order chi connectivity index (χ0) is 25.0. The Morgan fingerprint density at radius 1 is 0.829 bits per heavy atom. The average molecular weight is 475 g/mol. The van der Waals surface area contributed by atoms with Gasteiger partial charge in [0, 0.05) is 19.5 Å². The molecular formula is C29H34N2O4. The van der Waals surface area contributed by atoms with E-state index in [1.165, 1.54) is 0 Å². The number of ether oxygens (including phenoxy) is 2. The lowest BCUT2D eigenvalue weighted by atomic mass is 10.0. The molecular weight excluding hydrogens is 440 g/mol. The maximum Gasteiger partial charge on any atom is 0.247 e. The molecule has 0 bridgehead atoms. The molecule has 3 rings (SSSR count). The highest BCUT2D eigenvalue weighted by Gasteiger charge is 2.31. The molecule has 0 spiro atoms. The van der Waals surface area contributed by atoms with E-state index in [9.17, 15) is 9.59 Å². The molecule has 1 atom stereocenters. The number of nitrogens with zero attached hydrogens (tertiary/aromatic N) is 1. The lowest BCUT2D eigenvalue weighted by molar-refractivity contribution is -0.141. The number of hydrogen-bond donors (Lipinski definition) is 1. The van der Waals surface area contributed by atoms with E-state index < -0.39 is 6.04 Å². The summed E-state index contributed by atoms with van der Waals surface area (Å²) in [5.41, 5.74) is 2.81. The fourth-order valence-corrected chi connectivity index (χ4v) is 3.94. The van der Waals surface area contributed by atoms with Gasteiger partial charge in [-0.1, -0.05) is 61.5 Å². The van der Waals surface area contributed by atoms with Crippen LogP contribution in [0.25, 0.3) is 0 Å². The molecule has 0 heterocycles. The highest BCUT2D eigenvalue weighted by Crippen LogP contribution is 2.25. The van der Waals surface area contributed by atoms with Crippen molar-refractivity contribution in [1.82, 2.24) is 10.2 Å². The van der Waals surface area contributed by atoms with Crippen molar-refractivity contribution in [2.75, 3.05) is 20.8 Å². The van der Waals surface area contributed by atoms with E-state index in [-0.39, 0.29) is 11.8 Å². The van der Waals surface area contributed by atoms with Crippen LogP contribution in [0.1, 0.15) is 42.5 Å². The van der Waals surface area contributed by atoms with Gasteiger partial charge in [-0.2, -0.15) is 0 Å².